The van der Waals surface area contributed by atoms with Crippen molar-refractivity contribution in [1.82, 2.24) is 0 Å². The number of amides is 1. The monoisotopic (exact) mass is 273 g/mol. The molecular formula is C17H23NO2. The van der Waals surface area contributed by atoms with Gasteiger partial charge in [0.2, 0.25) is 5.91 Å². The van der Waals surface area contributed by atoms with E-state index in [4.69, 9.17) is 0 Å². The van der Waals surface area contributed by atoms with Crippen LogP contribution in [0.15, 0.2) is 24.3 Å². The van der Waals surface area contributed by atoms with Crippen LogP contribution in [0.4, 0.5) is 5.69 Å². The zero-order valence-corrected chi connectivity index (χ0v) is 12.5. The first-order valence-electron chi connectivity index (χ1n) is 7.32. The van der Waals surface area contributed by atoms with E-state index < -0.39 is 0 Å². The summed E-state index contributed by atoms with van der Waals surface area (Å²) in [6.45, 7) is 5.84. The van der Waals surface area contributed by atoms with Crippen molar-refractivity contribution >= 4 is 17.4 Å². The Balaban J connectivity index is 2.18. The van der Waals surface area contributed by atoms with Crippen LogP contribution in [0.1, 0.15) is 56.8 Å². The number of hydrogen-bond donors (Lipinski definition) is 1. The Morgan fingerprint density at radius 2 is 1.90 bits per heavy atom. The molecule has 0 aromatic heterocycles. The van der Waals surface area contributed by atoms with Crippen molar-refractivity contribution in [2.75, 3.05) is 5.32 Å². The maximum Gasteiger partial charge on any atom is 0.228 e. The molecule has 1 aliphatic rings. The van der Waals surface area contributed by atoms with Crippen molar-refractivity contribution in [2.45, 2.75) is 46.5 Å². The van der Waals surface area contributed by atoms with E-state index >= 15 is 0 Å². The summed E-state index contributed by atoms with van der Waals surface area (Å²) in [6.07, 6.45) is 4.32. The van der Waals surface area contributed by atoms with Crippen LogP contribution in [0.3, 0.4) is 0 Å². The lowest BCUT2D eigenvalue weighted by atomic mass is 9.68. The molecule has 0 spiro atoms. The van der Waals surface area contributed by atoms with Crippen LogP contribution in [-0.4, -0.2) is 11.7 Å². The molecule has 1 unspecified atom stereocenters. The summed E-state index contributed by atoms with van der Waals surface area (Å²) in [4.78, 5) is 24.1. The lowest BCUT2D eigenvalue weighted by Crippen LogP contribution is -2.37. The normalized spacial score (nSPS) is 21.2. The third-order valence-corrected chi connectivity index (χ3v) is 4.39. The number of carbonyl (C=O) groups is 2. The number of Topliss-reactive ketones (excluding diaryl/α,β-unsaturated/α-hetero) is 1. The fraction of sp³-hybridized carbons (Fsp3) is 0.529. The van der Waals surface area contributed by atoms with Crippen molar-refractivity contribution < 1.29 is 9.59 Å². The fourth-order valence-corrected chi connectivity index (χ4v) is 3.10. The Morgan fingerprint density at radius 3 is 2.55 bits per heavy atom. The number of anilines is 1. The van der Waals surface area contributed by atoms with Crippen LogP contribution in [0.25, 0.3) is 0 Å². The zero-order valence-electron chi connectivity index (χ0n) is 12.5. The molecule has 20 heavy (non-hydrogen) atoms. The van der Waals surface area contributed by atoms with E-state index in [0.29, 0.717) is 11.3 Å². The molecule has 0 radical (unpaired) electrons. The molecule has 108 valence electrons. The Labute approximate surface area is 120 Å². The first kappa shape index (κ1) is 14.8. The second kappa shape index (κ2) is 5.78. The SMILES string of the molecule is CC(=O)c1ccccc1NC(=O)C1CCCCC1(C)C. The van der Waals surface area contributed by atoms with Gasteiger partial charge >= 0.3 is 0 Å². The predicted octanol–water partition coefficient (Wildman–Crippen LogP) is 4.04. The topological polar surface area (TPSA) is 46.2 Å². The van der Waals surface area contributed by atoms with Gasteiger partial charge in [-0.2, -0.15) is 0 Å². The average Bonchev–Trinajstić information content (AvgIpc) is 2.38. The Kier molecular flexibility index (Phi) is 4.26. The maximum absolute atomic E-state index is 12.5. The highest BCUT2D eigenvalue weighted by molar-refractivity contribution is 6.04. The molecule has 1 aromatic carbocycles. The van der Waals surface area contributed by atoms with Gasteiger partial charge in [0.1, 0.15) is 0 Å². The van der Waals surface area contributed by atoms with Crippen LogP contribution in [0.2, 0.25) is 0 Å². The lowest BCUT2D eigenvalue weighted by molar-refractivity contribution is -0.124. The number of nitrogens with one attached hydrogen (secondary N) is 1. The number of benzene rings is 1. The van der Waals surface area contributed by atoms with E-state index in [2.05, 4.69) is 19.2 Å². The summed E-state index contributed by atoms with van der Waals surface area (Å²) in [5.41, 5.74) is 1.24. The number of rotatable bonds is 3. The van der Waals surface area contributed by atoms with E-state index in [9.17, 15) is 9.59 Å². The molecule has 1 aliphatic carbocycles. The third kappa shape index (κ3) is 3.09. The molecule has 0 aliphatic heterocycles. The second-order valence-corrected chi connectivity index (χ2v) is 6.38. The molecular weight excluding hydrogens is 250 g/mol. The standard InChI is InChI=1S/C17H23NO2/c1-12(19)13-8-4-5-10-15(13)18-16(20)14-9-6-7-11-17(14,2)3/h4-5,8,10,14H,6-7,9,11H2,1-3H3,(H,18,20). The van der Waals surface area contributed by atoms with Gasteiger partial charge in [-0.1, -0.05) is 38.8 Å². The largest absolute Gasteiger partial charge is 0.325 e. The second-order valence-electron chi connectivity index (χ2n) is 6.38. The average molecular weight is 273 g/mol. The summed E-state index contributed by atoms with van der Waals surface area (Å²) in [5, 5.41) is 2.96. The number of carbonyl (C=O) groups excluding carboxylic acids is 2. The minimum atomic E-state index is -0.0243. The predicted molar refractivity (Wildman–Crippen MR) is 80.8 cm³/mol. The number of hydrogen-bond acceptors (Lipinski definition) is 2. The molecule has 3 nitrogen and oxygen atoms in total. The molecule has 1 amide bonds. The maximum atomic E-state index is 12.5. The Morgan fingerprint density at radius 1 is 1.20 bits per heavy atom. The Bertz CT molecular complexity index is 519. The van der Waals surface area contributed by atoms with Crippen LogP contribution < -0.4 is 5.32 Å². The van der Waals surface area contributed by atoms with Crippen molar-refractivity contribution in [2.24, 2.45) is 11.3 Å². The quantitative estimate of drug-likeness (QED) is 0.845. The summed E-state index contributed by atoms with van der Waals surface area (Å²) in [6, 6.07) is 7.21. The van der Waals surface area contributed by atoms with Gasteiger partial charge in [-0.05, 0) is 37.3 Å². The van der Waals surface area contributed by atoms with Crippen molar-refractivity contribution in [3.05, 3.63) is 29.8 Å². The molecule has 1 aromatic rings. The fourth-order valence-electron chi connectivity index (χ4n) is 3.10. The third-order valence-electron chi connectivity index (χ3n) is 4.39. The van der Waals surface area contributed by atoms with E-state index in [0.717, 1.165) is 19.3 Å². The van der Waals surface area contributed by atoms with E-state index in [1.807, 2.05) is 12.1 Å². The van der Waals surface area contributed by atoms with Gasteiger partial charge in [0.25, 0.3) is 0 Å². The van der Waals surface area contributed by atoms with Crippen molar-refractivity contribution in [1.29, 1.82) is 0 Å². The minimum absolute atomic E-state index is 0.0243. The summed E-state index contributed by atoms with van der Waals surface area (Å²) in [5.74, 6) is 0.0449. The highest BCUT2D eigenvalue weighted by Gasteiger charge is 2.37. The first-order valence-corrected chi connectivity index (χ1v) is 7.32. The van der Waals surface area contributed by atoms with Gasteiger partial charge in [0.05, 0.1) is 5.69 Å². The Hall–Kier alpha value is -1.64. The highest BCUT2D eigenvalue weighted by atomic mass is 16.2. The molecule has 1 saturated carbocycles. The van der Waals surface area contributed by atoms with Gasteiger partial charge in [-0.25, -0.2) is 0 Å². The van der Waals surface area contributed by atoms with Crippen molar-refractivity contribution in [3.8, 4) is 0 Å². The zero-order chi connectivity index (χ0) is 14.8. The van der Waals surface area contributed by atoms with Crippen molar-refractivity contribution in [3.63, 3.8) is 0 Å². The summed E-state index contributed by atoms with van der Waals surface area (Å²) in [7, 11) is 0. The van der Waals surface area contributed by atoms with Crippen LogP contribution in [0, 0.1) is 11.3 Å². The van der Waals surface area contributed by atoms with E-state index in [-0.39, 0.29) is 23.0 Å². The van der Waals surface area contributed by atoms with Gasteiger partial charge in [-0.3, -0.25) is 9.59 Å². The minimum Gasteiger partial charge on any atom is -0.325 e. The van der Waals surface area contributed by atoms with E-state index in [1.54, 1.807) is 12.1 Å². The van der Waals surface area contributed by atoms with Crippen LogP contribution >= 0.6 is 0 Å². The van der Waals surface area contributed by atoms with Crippen LogP contribution in [-0.2, 0) is 4.79 Å². The van der Waals surface area contributed by atoms with Crippen LogP contribution in [0.5, 0.6) is 0 Å². The summed E-state index contributed by atoms with van der Waals surface area (Å²) >= 11 is 0. The lowest BCUT2D eigenvalue weighted by Gasteiger charge is -2.37. The van der Waals surface area contributed by atoms with Gasteiger partial charge in [0, 0.05) is 11.5 Å². The number of ketones is 1. The molecule has 0 bridgehead atoms. The molecule has 0 heterocycles. The van der Waals surface area contributed by atoms with E-state index in [1.165, 1.54) is 13.3 Å². The van der Waals surface area contributed by atoms with Gasteiger partial charge in [-0.15, -0.1) is 0 Å². The van der Waals surface area contributed by atoms with Gasteiger partial charge in [0.15, 0.2) is 5.78 Å². The van der Waals surface area contributed by atoms with Gasteiger partial charge < -0.3 is 5.32 Å². The number of para-hydroxylation sites is 1. The molecule has 0 saturated heterocycles. The molecule has 1 atom stereocenters. The molecule has 3 heteroatoms. The molecule has 1 N–H and O–H groups in total. The molecule has 2 rings (SSSR count). The highest BCUT2D eigenvalue weighted by Crippen LogP contribution is 2.41. The summed E-state index contributed by atoms with van der Waals surface area (Å²) < 4.78 is 0. The molecule has 1 fully saturated rings. The smallest absolute Gasteiger partial charge is 0.228 e. The first-order chi connectivity index (χ1) is 9.42.